The quantitative estimate of drug-likeness (QED) is 0.645. The topological polar surface area (TPSA) is 68.3 Å². The molecule has 1 unspecified atom stereocenters. The Hall–Kier alpha value is -1.82. The monoisotopic (exact) mass is 338 g/mol. The molecule has 1 aromatic heterocycles. The van der Waals surface area contributed by atoms with Crippen molar-refractivity contribution >= 4 is 27.3 Å². The summed E-state index contributed by atoms with van der Waals surface area (Å²) in [7, 11) is 0. The largest absolute Gasteiger partial charge is 0.466 e. The second-order valence-electron chi connectivity index (χ2n) is 4.66. The lowest BCUT2D eigenvalue weighted by Gasteiger charge is -2.15. The average molecular weight is 339 g/mol. The van der Waals surface area contributed by atoms with Gasteiger partial charge in [-0.2, -0.15) is 0 Å². The highest BCUT2D eigenvalue weighted by Crippen LogP contribution is 2.31. The molecule has 0 aliphatic heterocycles. The number of anilines is 1. The summed E-state index contributed by atoms with van der Waals surface area (Å²) in [5, 5.41) is 14.0. The van der Waals surface area contributed by atoms with Crippen molar-refractivity contribution in [3.63, 3.8) is 0 Å². The third kappa shape index (κ3) is 3.01. The first-order valence-electron chi connectivity index (χ1n) is 6.16. The molecule has 2 aromatic rings. The number of rotatable bonds is 4. The van der Waals surface area contributed by atoms with E-state index in [0.29, 0.717) is 4.47 Å². The molecule has 1 aromatic carbocycles. The van der Waals surface area contributed by atoms with Crippen molar-refractivity contribution in [2.75, 3.05) is 5.32 Å². The second kappa shape index (κ2) is 5.66. The van der Waals surface area contributed by atoms with Gasteiger partial charge >= 0.3 is 0 Å². The van der Waals surface area contributed by atoms with Crippen molar-refractivity contribution in [1.82, 2.24) is 0 Å². The normalized spacial score (nSPS) is 12.2. The van der Waals surface area contributed by atoms with Crippen LogP contribution in [-0.2, 0) is 0 Å². The van der Waals surface area contributed by atoms with Gasteiger partial charge in [0.05, 0.1) is 11.0 Å². The number of nitro groups is 1. The Kier molecular flexibility index (Phi) is 4.13. The highest BCUT2D eigenvalue weighted by atomic mass is 79.9. The van der Waals surface area contributed by atoms with E-state index < -0.39 is 4.92 Å². The van der Waals surface area contributed by atoms with Crippen molar-refractivity contribution in [1.29, 1.82) is 0 Å². The molecule has 1 atom stereocenters. The fraction of sp³-hybridized carbons (Fsp3) is 0.286. The Balaban J connectivity index is 2.22. The fourth-order valence-corrected chi connectivity index (χ4v) is 2.61. The maximum atomic E-state index is 10.7. The van der Waals surface area contributed by atoms with E-state index in [9.17, 15) is 10.1 Å². The summed E-state index contributed by atoms with van der Waals surface area (Å²) in [6, 6.07) is 6.70. The number of halogens is 1. The first kappa shape index (κ1) is 14.6. The van der Waals surface area contributed by atoms with Crippen molar-refractivity contribution in [3.8, 4) is 0 Å². The summed E-state index contributed by atoms with van der Waals surface area (Å²) in [6.07, 6.45) is 0. The lowest BCUT2D eigenvalue weighted by molar-refractivity contribution is -0.384. The zero-order valence-corrected chi connectivity index (χ0v) is 13.0. The highest BCUT2D eigenvalue weighted by Gasteiger charge is 2.15. The Morgan fingerprint density at radius 2 is 2.05 bits per heavy atom. The van der Waals surface area contributed by atoms with Crippen LogP contribution in [0.1, 0.15) is 30.0 Å². The predicted octanol–water partition coefficient (Wildman–Crippen LogP) is 4.74. The Labute approximate surface area is 125 Å². The van der Waals surface area contributed by atoms with E-state index in [-0.39, 0.29) is 11.7 Å². The fourth-order valence-electron chi connectivity index (χ4n) is 2.13. The lowest BCUT2D eigenvalue weighted by Crippen LogP contribution is -2.07. The first-order chi connectivity index (χ1) is 9.38. The molecule has 0 amide bonds. The van der Waals surface area contributed by atoms with Gasteiger partial charge in [0.25, 0.3) is 5.69 Å². The Bertz CT molecular complexity index is 652. The molecule has 106 valence electrons. The van der Waals surface area contributed by atoms with Crippen LogP contribution >= 0.6 is 15.9 Å². The molecule has 0 aliphatic rings. The van der Waals surface area contributed by atoms with Gasteiger partial charge in [-0.1, -0.05) is 0 Å². The predicted molar refractivity (Wildman–Crippen MR) is 81.0 cm³/mol. The van der Waals surface area contributed by atoms with E-state index in [1.54, 1.807) is 6.07 Å². The Morgan fingerprint density at radius 1 is 1.35 bits per heavy atom. The summed E-state index contributed by atoms with van der Waals surface area (Å²) in [5.74, 6) is 1.74. The van der Waals surface area contributed by atoms with Crippen molar-refractivity contribution in [2.24, 2.45) is 0 Å². The minimum atomic E-state index is -0.415. The smallest absolute Gasteiger partial charge is 0.270 e. The van der Waals surface area contributed by atoms with Crippen molar-refractivity contribution in [3.05, 3.63) is 55.9 Å². The van der Waals surface area contributed by atoms with Crippen LogP contribution in [-0.4, -0.2) is 4.92 Å². The zero-order chi connectivity index (χ0) is 14.9. The molecule has 1 N–H and O–H groups in total. The van der Waals surface area contributed by atoms with Crippen LogP contribution in [0.25, 0.3) is 0 Å². The number of nitrogens with zero attached hydrogens (tertiary/aromatic N) is 1. The molecule has 6 heteroatoms. The van der Waals surface area contributed by atoms with Gasteiger partial charge in [0.2, 0.25) is 0 Å². The van der Waals surface area contributed by atoms with Crippen LogP contribution in [0.2, 0.25) is 0 Å². The summed E-state index contributed by atoms with van der Waals surface area (Å²) in [5.41, 5.74) is 1.94. The number of benzene rings is 1. The summed E-state index contributed by atoms with van der Waals surface area (Å²) in [6.45, 7) is 5.85. The number of hydrogen-bond donors (Lipinski definition) is 1. The molecule has 0 saturated carbocycles. The number of furan rings is 1. The minimum absolute atomic E-state index is 0.0465. The van der Waals surface area contributed by atoms with Crippen LogP contribution in [0.15, 0.2) is 33.2 Å². The number of nitrogens with one attached hydrogen (secondary N) is 1. The van der Waals surface area contributed by atoms with Gasteiger partial charge in [-0.25, -0.2) is 0 Å². The molecule has 2 rings (SSSR count). The molecule has 0 saturated heterocycles. The van der Waals surface area contributed by atoms with Gasteiger partial charge < -0.3 is 9.73 Å². The van der Waals surface area contributed by atoms with Crippen LogP contribution in [0, 0.1) is 24.0 Å². The number of nitro benzene ring substituents is 1. The maximum absolute atomic E-state index is 10.7. The van der Waals surface area contributed by atoms with Gasteiger partial charge in [-0.3, -0.25) is 10.1 Å². The Morgan fingerprint density at radius 3 is 2.55 bits per heavy atom. The summed E-state index contributed by atoms with van der Waals surface area (Å²) < 4.78 is 6.18. The van der Waals surface area contributed by atoms with Crippen LogP contribution in [0.4, 0.5) is 11.4 Å². The molecule has 0 aliphatic carbocycles. The summed E-state index contributed by atoms with van der Waals surface area (Å²) >= 11 is 3.35. The van der Waals surface area contributed by atoms with E-state index >= 15 is 0 Å². The van der Waals surface area contributed by atoms with Crippen molar-refractivity contribution in [2.45, 2.75) is 26.8 Å². The van der Waals surface area contributed by atoms with E-state index in [2.05, 4.69) is 21.2 Å². The van der Waals surface area contributed by atoms with Gasteiger partial charge in [0.1, 0.15) is 11.5 Å². The molecule has 20 heavy (non-hydrogen) atoms. The molecule has 0 fully saturated rings. The van der Waals surface area contributed by atoms with Gasteiger partial charge in [-0.15, -0.1) is 0 Å². The summed E-state index contributed by atoms with van der Waals surface area (Å²) in [4.78, 5) is 10.3. The molecule has 0 radical (unpaired) electrons. The van der Waals surface area contributed by atoms with Gasteiger partial charge in [0.15, 0.2) is 0 Å². The molecular formula is C14H15BrN2O3. The number of non-ortho nitro benzene ring substituents is 1. The average Bonchev–Trinajstić information content (AvgIpc) is 2.70. The van der Waals surface area contributed by atoms with Gasteiger partial charge in [0, 0.05) is 27.9 Å². The van der Waals surface area contributed by atoms with E-state index in [1.807, 2.05) is 26.8 Å². The van der Waals surface area contributed by atoms with Crippen LogP contribution in [0.3, 0.4) is 0 Å². The SMILES string of the molecule is Cc1cc(C(C)Nc2ccc([N+](=O)[O-])cc2Br)c(C)o1. The van der Waals surface area contributed by atoms with Crippen molar-refractivity contribution < 1.29 is 9.34 Å². The molecule has 5 nitrogen and oxygen atoms in total. The van der Waals surface area contributed by atoms with E-state index in [0.717, 1.165) is 22.8 Å². The van der Waals surface area contributed by atoms with E-state index in [4.69, 9.17) is 4.42 Å². The van der Waals surface area contributed by atoms with Gasteiger partial charge in [-0.05, 0) is 48.8 Å². The zero-order valence-electron chi connectivity index (χ0n) is 11.4. The standard InChI is InChI=1S/C14H15BrN2O3/c1-8-6-12(10(3)20-8)9(2)16-14-5-4-11(17(18)19)7-13(14)15/h4-7,9,16H,1-3H3. The number of hydrogen-bond acceptors (Lipinski definition) is 4. The molecular weight excluding hydrogens is 324 g/mol. The third-order valence-corrected chi connectivity index (χ3v) is 3.74. The maximum Gasteiger partial charge on any atom is 0.270 e. The van der Waals surface area contributed by atoms with Crippen LogP contribution < -0.4 is 5.32 Å². The molecule has 0 spiro atoms. The molecule has 1 heterocycles. The third-order valence-electron chi connectivity index (χ3n) is 3.08. The molecule has 0 bridgehead atoms. The lowest BCUT2D eigenvalue weighted by atomic mass is 10.1. The number of aryl methyl sites for hydroxylation is 2. The van der Waals surface area contributed by atoms with Crippen LogP contribution in [0.5, 0.6) is 0 Å². The highest BCUT2D eigenvalue weighted by molar-refractivity contribution is 9.10. The first-order valence-corrected chi connectivity index (χ1v) is 6.95. The van der Waals surface area contributed by atoms with E-state index in [1.165, 1.54) is 12.1 Å². The minimum Gasteiger partial charge on any atom is -0.466 e. The second-order valence-corrected chi connectivity index (χ2v) is 5.51.